The number of likely N-dealkylation sites (tertiary alicyclic amines) is 1. The molecule has 2 aliphatic heterocycles. The van der Waals surface area contributed by atoms with Crippen molar-refractivity contribution in [3.8, 4) is 0 Å². The number of rotatable bonds is 2. The fraction of sp³-hybridized carbons (Fsp3) is 0.688. The molecule has 21 heavy (non-hydrogen) atoms. The van der Waals surface area contributed by atoms with Gasteiger partial charge in [0.25, 0.3) is 5.91 Å². The highest BCUT2D eigenvalue weighted by atomic mass is 16.2. The summed E-state index contributed by atoms with van der Waals surface area (Å²) in [6.07, 6.45) is 6.35. The number of anilines is 1. The molecule has 3 fully saturated rings. The zero-order valence-corrected chi connectivity index (χ0v) is 12.4. The van der Waals surface area contributed by atoms with E-state index in [1.54, 1.807) is 0 Å². The summed E-state index contributed by atoms with van der Waals surface area (Å²) in [5, 5.41) is 8.43. The zero-order chi connectivity index (χ0) is 14.2. The van der Waals surface area contributed by atoms with Crippen LogP contribution in [0.1, 0.15) is 42.6 Å². The lowest BCUT2D eigenvalue weighted by Gasteiger charge is -2.18. The molecule has 0 radical (unpaired) electrons. The molecule has 1 saturated carbocycles. The van der Waals surface area contributed by atoms with Crippen molar-refractivity contribution in [2.45, 2.75) is 32.1 Å². The first kappa shape index (κ1) is 13.0. The van der Waals surface area contributed by atoms with Crippen LogP contribution in [0.2, 0.25) is 0 Å². The summed E-state index contributed by atoms with van der Waals surface area (Å²) >= 11 is 0. The van der Waals surface area contributed by atoms with Crippen LogP contribution in [0.3, 0.4) is 0 Å². The molecule has 4 rings (SSSR count). The predicted molar refractivity (Wildman–Crippen MR) is 80.2 cm³/mol. The Morgan fingerprint density at radius 2 is 1.71 bits per heavy atom. The average Bonchev–Trinajstić information content (AvgIpc) is 3.23. The Morgan fingerprint density at radius 1 is 1.00 bits per heavy atom. The molecule has 1 amide bonds. The summed E-state index contributed by atoms with van der Waals surface area (Å²) in [7, 11) is 0. The first-order chi connectivity index (χ1) is 10.3. The number of carbonyl (C=O) groups excluding carboxylic acids is 1. The van der Waals surface area contributed by atoms with Gasteiger partial charge in [-0.15, -0.1) is 10.2 Å². The summed E-state index contributed by atoms with van der Waals surface area (Å²) in [6.45, 7) is 3.94. The summed E-state index contributed by atoms with van der Waals surface area (Å²) < 4.78 is 0. The lowest BCUT2D eigenvalue weighted by molar-refractivity contribution is 0.0773. The van der Waals surface area contributed by atoms with Gasteiger partial charge in [0.15, 0.2) is 11.5 Å². The molecule has 2 saturated heterocycles. The minimum absolute atomic E-state index is 0.0601. The molecule has 0 spiro atoms. The standard InChI is InChI=1S/C16H22N4O/c21-16(20-10-12-4-3-5-13(12)11-20)14-6-7-15(18-17-14)19-8-1-2-9-19/h6-7,12-13H,1-5,8-11H2. The van der Waals surface area contributed by atoms with E-state index in [4.69, 9.17) is 0 Å². The van der Waals surface area contributed by atoms with Gasteiger partial charge in [-0.1, -0.05) is 6.42 Å². The second-order valence-corrected chi connectivity index (χ2v) is 6.63. The van der Waals surface area contributed by atoms with E-state index in [2.05, 4.69) is 15.1 Å². The molecule has 0 aromatic carbocycles. The van der Waals surface area contributed by atoms with Crippen LogP contribution < -0.4 is 4.90 Å². The molecule has 3 aliphatic rings. The normalized spacial score (nSPS) is 28.2. The molecule has 3 heterocycles. The highest BCUT2D eigenvalue weighted by Crippen LogP contribution is 2.38. The molecular formula is C16H22N4O. The minimum Gasteiger partial charge on any atom is -0.355 e. The van der Waals surface area contributed by atoms with E-state index in [0.717, 1.165) is 43.8 Å². The smallest absolute Gasteiger partial charge is 0.274 e. The van der Waals surface area contributed by atoms with E-state index in [-0.39, 0.29) is 5.91 Å². The molecule has 1 aliphatic carbocycles. The van der Waals surface area contributed by atoms with E-state index >= 15 is 0 Å². The van der Waals surface area contributed by atoms with Crippen LogP contribution in [0.15, 0.2) is 12.1 Å². The van der Waals surface area contributed by atoms with Crippen LogP contribution in [0, 0.1) is 11.8 Å². The molecule has 1 aromatic heterocycles. The van der Waals surface area contributed by atoms with Crippen LogP contribution in [-0.2, 0) is 0 Å². The maximum absolute atomic E-state index is 12.5. The first-order valence-corrected chi connectivity index (χ1v) is 8.19. The van der Waals surface area contributed by atoms with Crippen LogP contribution in [0.25, 0.3) is 0 Å². The molecule has 2 atom stereocenters. The predicted octanol–water partition coefficient (Wildman–Crippen LogP) is 1.95. The lowest BCUT2D eigenvalue weighted by Crippen LogP contribution is -2.30. The molecule has 1 aromatic rings. The SMILES string of the molecule is O=C(c1ccc(N2CCCC2)nn1)N1CC2CCCC2C1. The third-order valence-corrected chi connectivity index (χ3v) is 5.31. The molecule has 2 unspecified atom stereocenters. The van der Waals surface area contributed by atoms with Crippen LogP contribution >= 0.6 is 0 Å². The van der Waals surface area contributed by atoms with Crippen molar-refractivity contribution < 1.29 is 4.79 Å². The Bertz CT molecular complexity index is 512. The Hall–Kier alpha value is -1.65. The largest absolute Gasteiger partial charge is 0.355 e. The van der Waals surface area contributed by atoms with E-state index in [1.807, 2.05) is 17.0 Å². The fourth-order valence-corrected chi connectivity index (χ4v) is 4.12. The number of nitrogens with zero attached hydrogens (tertiary/aromatic N) is 4. The number of fused-ring (bicyclic) bond motifs is 1. The topological polar surface area (TPSA) is 49.3 Å². The van der Waals surface area contributed by atoms with Crippen molar-refractivity contribution in [2.75, 3.05) is 31.1 Å². The highest BCUT2D eigenvalue weighted by Gasteiger charge is 2.38. The number of hydrogen-bond acceptors (Lipinski definition) is 4. The van der Waals surface area contributed by atoms with E-state index in [1.165, 1.54) is 32.1 Å². The van der Waals surface area contributed by atoms with E-state index in [0.29, 0.717) is 5.69 Å². The van der Waals surface area contributed by atoms with E-state index < -0.39 is 0 Å². The van der Waals surface area contributed by atoms with Gasteiger partial charge in [0, 0.05) is 26.2 Å². The molecule has 0 N–H and O–H groups in total. The maximum atomic E-state index is 12.5. The van der Waals surface area contributed by atoms with Gasteiger partial charge in [0.1, 0.15) is 0 Å². The van der Waals surface area contributed by atoms with Crippen molar-refractivity contribution in [1.29, 1.82) is 0 Å². The van der Waals surface area contributed by atoms with Gasteiger partial charge < -0.3 is 9.80 Å². The van der Waals surface area contributed by atoms with Crippen molar-refractivity contribution in [1.82, 2.24) is 15.1 Å². The molecule has 0 bridgehead atoms. The highest BCUT2D eigenvalue weighted by molar-refractivity contribution is 5.92. The monoisotopic (exact) mass is 286 g/mol. The molecule has 5 heteroatoms. The van der Waals surface area contributed by atoms with Crippen molar-refractivity contribution in [3.63, 3.8) is 0 Å². The quantitative estimate of drug-likeness (QED) is 0.834. The zero-order valence-electron chi connectivity index (χ0n) is 12.4. The number of carbonyl (C=O) groups is 1. The summed E-state index contributed by atoms with van der Waals surface area (Å²) in [4.78, 5) is 16.7. The van der Waals surface area contributed by atoms with Crippen LogP contribution in [0.4, 0.5) is 5.82 Å². The third kappa shape index (κ3) is 2.39. The third-order valence-electron chi connectivity index (χ3n) is 5.31. The molecule has 112 valence electrons. The number of amides is 1. The van der Waals surface area contributed by atoms with Gasteiger partial charge >= 0.3 is 0 Å². The van der Waals surface area contributed by atoms with Crippen LogP contribution in [-0.4, -0.2) is 47.2 Å². The molecule has 5 nitrogen and oxygen atoms in total. The lowest BCUT2D eigenvalue weighted by atomic mass is 10.0. The number of hydrogen-bond donors (Lipinski definition) is 0. The summed E-state index contributed by atoms with van der Waals surface area (Å²) in [6, 6.07) is 3.79. The first-order valence-electron chi connectivity index (χ1n) is 8.19. The fourth-order valence-electron chi connectivity index (χ4n) is 4.12. The molecular weight excluding hydrogens is 264 g/mol. The van der Waals surface area contributed by atoms with Crippen molar-refractivity contribution >= 4 is 11.7 Å². The Balaban J connectivity index is 1.45. The summed E-state index contributed by atoms with van der Waals surface area (Å²) in [5.74, 6) is 2.42. The maximum Gasteiger partial charge on any atom is 0.274 e. The second kappa shape index (κ2) is 5.28. The van der Waals surface area contributed by atoms with Gasteiger partial charge in [-0.2, -0.15) is 0 Å². The number of aromatic nitrogens is 2. The minimum atomic E-state index is 0.0601. The Morgan fingerprint density at radius 3 is 2.33 bits per heavy atom. The Labute approximate surface area is 125 Å². The second-order valence-electron chi connectivity index (χ2n) is 6.63. The van der Waals surface area contributed by atoms with E-state index in [9.17, 15) is 4.79 Å². The average molecular weight is 286 g/mol. The van der Waals surface area contributed by atoms with Gasteiger partial charge in [0.05, 0.1) is 0 Å². The van der Waals surface area contributed by atoms with Crippen molar-refractivity contribution in [2.24, 2.45) is 11.8 Å². The van der Waals surface area contributed by atoms with Gasteiger partial charge in [-0.05, 0) is 49.7 Å². The van der Waals surface area contributed by atoms with Crippen molar-refractivity contribution in [3.05, 3.63) is 17.8 Å². The Kier molecular flexibility index (Phi) is 3.28. The summed E-state index contributed by atoms with van der Waals surface area (Å²) in [5.41, 5.74) is 0.498. The van der Waals surface area contributed by atoms with Crippen LogP contribution in [0.5, 0.6) is 0 Å². The van der Waals surface area contributed by atoms with Gasteiger partial charge in [-0.25, -0.2) is 0 Å². The van der Waals surface area contributed by atoms with Gasteiger partial charge in [-0.3, -0.25) is 4.79 Å². The van der Waals surface area contributed by atoms with Gasteiger partial charge in [0.2, 0.25) is 0 Å².